The minimum Gasteiger partial charge on any atom is -0.465 e. The van der Waals surface area contributed by atoms with Gasteiger partial charge < -0.3 is 33.9 Å². The number of fused-ring (bicyclic) bond motifs is 6. The van der Waals surface area contributed by atoms with Crippen LogP contribution in [0.25, 0.3) is 0 Å². The summed E-state index contributed by atoms with van der Waals surface area (Å²) in [6.07, 6.45) is 15.0. The van der Waals surface area contributed by atoms with E-state index in [9.17, 15) is 33.0 Å². The summed E-state index contributed by atoms with van der Waals surface area (Å²) in [4.78, 5) is 41.1. The Labute approximate surface area is 326 Å². The second kappa shape index (κ2) is 16.1. The van der Waals surface area contributed by atoms with Gasteiger partial charge in [0, 0.05) is 5.92 Å². The van der Waals surface area contributed by atoms with Crippen LogP contribution in [0, 0.1) is 63.6 Å². The van der Waals surface area contributed by atoms with Crippen LogP contribution < -0.4 is 0 Å². The maximum atomic E-state index is 14.0. The van der Waals surface area contributed by atoms with Crippen LogP contribution in [0.1, 0.15) is 129 Å². The van der Waals surface area contributed by atoms with Crippen molar-refractivity contribution >= 4 is 28.0 Å². The fourth-order valence-electron chi connectivity index (χ4n) is 12.5. The van der Waals surface area contributed by atoms with Crippen molar-refractivity contribution in [2.75, 3.05) is 33.0 Å². The molecule has 312 valence electrons. The Morgan fingerprint density at radius 2 is 1.38 bits per heavy atom. The van der Waals surface area contributed by atoms with Crippen LogP contribution in [-0.4, -0.2) is 85.5 Å². The van der Waals surface area contributed by atoms with Crippen LogP contribution in [0.4, 0.5) is 0 Å². The van der Waals surface area contributed by atoms with Crippen molar-refractivity contribution in [2.45, 2.75) is 141 Å². The van der Waals surface area contributed by atoms with Gasteiger partial charge in [-0.3, -0.25) is 18.9 Å². The summed E-state index contributed by atoms with van der Waals surface area (Å²) in [6, 6.07) is 0. The predicted molar refractivity (Wildman–Crippen MR) is 197 cm³/mol. The van der Waals surface area contributed by atoms with Gasteiger partial charge in [-0.05, 0) is 119 Å². The Morgan fingerprint density at radius 3 is 2.07 bits per heavy atom. The van der Waals surface area contributed by atoms with E-state index in [2.05, 4.69) is 13.8 Å². The van der Waals surface area contributed by atoms with Crippen molar-refractivity contribution in [3.8, 4) is 0 Å². The van der Waals surface area contributed by atoms with Crippen LogP contribution in [0.3, 0.4) is 0 Å². The maximum Gasteiger partial charge on any atom is 0.330 e. The molecule has 0 amide bonds. The average molecular weight is 797 g/mol. The summed E-state index contributed by atoms with van der Waals surface area (Å²) in [6.45, 7) is 3.49. The molecule has 55 heavy (non-hydrogen) atoms. The van der Waals surface area contributed by atoms with Gasteiger partial charge in [-0.2, -0.15) is 8.42 Å². The molecule has 7 rings (SSSR count). The van der Waals surface area contributed by atoms with E-state index >= 15 is 0 Å². The van der Waals surface area contributed by atoms with Crippen molar-refractivity contribution in [3.05, 3.63) is 0 Å². The minimum atomic E-state index is -5.31. The highest BCUT2D eigenvalue weighted by molar-refractivity contribution is 7.86. The number of aliphatic hydroxyl groups is 2. The fourth-order valence-corrected chi connectivity index (χ4v) is 12.7. The highest BCUT2D eigenvalue weighted by Gasteiger charge is 2.55. The monoisotopic (exact) mass is 796 g/mol. The molecule has 0 radical (unpaired) electrons. The van der Waals surface area contributed by atoms with Crippen molar-refractivity contribution < 1.29 is 61.3 Å². The van der Waals surface area contributed by atoms with E-state index in [-0.39, 0.29) is 56.1 Å². The van der Waals surface area contributed by atoms with Crippen molar-refractivity contribution in [2.24, 2.45) is 63.6 Å². The molecule has 7 aliphatic rings. The molecule has 7 fully saturated rings. The highest BCUT2D eigenvalue weighted by Crippen LogP contribution is 2.55. The molecule has 13 nitrogen and oxygen atoms in total. The van der Waals surface area contributed by atoms with E-state index in [0.717, 1.165) is 89.9 Å². The Morgan fingerprint density at radius 1 is 0.745 bits per heavy atom. The summed E-state index contributed by atoms with van der Waals surface area (Å²) in [5.74, 6) is 1.65. The first-order chi connectivity index (χ1) is 26.0. The molecule has 6 aliphatic carbocycles. The van der Waals surface area contributed by atoms with Gasteiger partial charge in [0.25, 0.3) is 0 Å². The molecule has 1 saturated heterocycles. The molecule has 14 heteroatoms. The molecule has 8 unspecified atom stereocenters. The molecule has 1 aliphatic heterocycles. The number of esters is 3. The third kappa shape index (κ3) is 8.79. The molecule has 0 aromatic rings. The second-order valence-electron chi connectivity index (χ2n) is 19.5. The van der Waals surface area contributed by atoms with Crippen LogP contribution in [0.5, 0.6) is 0 Å². The minimum absolute atomic E-state index is 0.00297. The fraction of sp³-hybridized carbons (Fsp3) is 0.927. The quantitative estimate of drug-likeness (QED) is 0.0966. The lowest BCUT2D eigenvalue weighted by Crippen LogP contribution is -2.54. The first kappa shape index (κ1) is 41.3. The zero-order valence-corrected chi connectivity index (χ0v) is 33.6. The smallest absolute Gasteiger partial charge is 0.330 e. The molecule has 0 aromatic carbocycles. The Bertz CT molecular complexity index is 1510. The van der Waals surface area contributed by atoms with E-state index in [1.807, 2.05) is 0 Å². The molecule has 1 heterocycles. The largest absolute Gasteiger partial charge is 0.465 e. The van der Waals surface area contributed by atoms with Gasteiger partial charge in [-0.25, -0.2) is 0 Å². The van der Waals surface area contributed by atoms with Gasteiger partial charge in [0.2, 0.25) is 0 Å². The van der Waals surface area contributed by atoms with E-state index in [1.165, 1.54) is 6.42 Å². The van der Waals surface area contributed by atoms with E-state index in [4.69, 9.17) is 28.2 Å². The Kier molecular flexibility index (Phi) is 12.1. The van der Waals surface area contributed by atoms with Gasteiger partial charge in [0.1, 0.15) is 13.2 Å². The van der Waals surface area contributed by atoms with Gasteiger partial charge in [0.15, 0.2) is 12.9 Å². The number of carbonyl (C=O) groups excluding carboxylic acids is 3. The molecule has 0 aromatic heterocycles. The molecule has 3 N–H and O–H groups in total. The topological polar surface area (TPSA) is 192 Å². The summed E-state index contributed by atoms with van der Waals surface area (Å²) >= 11 is 0. The molecular formula is C41H64O13S. The maximum absolute atomic E-state index is 14.0. The lowest BCUT2D eigenvalue weighted by molar-refractivity contribution is -0.275. The third-order valence-corrected chi connectivity index (χ3v) is 16.1. The van der Waals surface area contributed by atoms with Crippen molar-refractivity contribution in [1.82, 2.24) is 0 Å². The number of rotatable bonds is 12. The molecular weight excluding hydrogens is 733 g/mol. The van der Waals surface area contributed by atoms with E-state index in [1.54, 1.807) is 0 Å². The zero-order chi connectivity index (χ0) is 39.2. The SMILES string of the molecule is CCC1CCC2(C(=O)OCC3(COC(=O)C4CC5CC(C)CC(C5)C4)COC(C4CC5CCCC(C(=O)OCC(O)(O)S(=O)(=O)O)(C5)C4)OC3)CCCC1C2. The number of hydrogen-bond donors (Lipinski definition) is 3. The van der Waals surface area contributed by atoms with Gasteiger partial charge in [-0.15, -0.1) is 0 Å². The summed E-state index contributed by atoms with van der Waals surface area (Å²) in [5, 5.41) is 15.9. The first-order valence-corrected chi connectivity index (χ1v) is 22.6. The molecule has 0 spiro atoms. The summed E-state index contributed by atoms with van der Waals surface area (Å²) < 4.78 is 62.4. The molecule has 6 bridgehead atoms. The average Bonchev–Trinajstić information content (AvgIpc) is 3.14. The lowest BCUT2D eigenvalue weighted by atomic mass is 9.58. The second-order valence-corrected chi connectivity index (χ2v) is 21.1. The van der Waals surface area contributed by atoms with Crippen LogP contribution in [0.2, 0.25) is 0 Å². The normalized spacial score (nSPS) is 41.8. The molecule has 6 saturated carbocycles. The van der Waals surface area contributed by atoms with Crippen LogP contribution in [-0.2, 0) is 48.2 Å². The van der Waals surface area contributed by atoms with Crippen molar-refractivity contribution in [3.63, 3.8) is 0 Å². The first-order valence-electron chi connectivity index (χ1n) is 21.2. The standard InChI is InChI=1S/C41H64O13S/c1-3-30-8-11-39(9-5-7-31(30)19-39)36(43)53-24-38(21-50-34(42)32-16-28-12-26(2)13-29(14-28)17-32)22-51-35(52-23-38)33-15-27-6-4-10-40(18-27,20-33)37(44)54-25-41(45,46)55(47,48)49/h26-33,35,45-46H,3-25H2,1-2H3,(H,47,48,49). The third-order valence-electron chi connectivity index (χ3n) is 15.2. The predicted octanol–water partition coefficient (Wildman–Crippen LogP) is 5.55. The van der Waals surface area contributed by atoms with Gasteiger partial charge >= 0.3 is 33.1 Å². The summed E-state index contributed by atoms with van der Waals surface area (Å²) in [7, 11) is -5.31. The number of ether oxygens (including phenoxy) is 5. The van der Waals surface area contributed by atoms with E-state index < -0.39 is 50.3 Å². The van der Waals surface area contributed by atoms with Crippen LogP contribution >= 0.6 is 0 Å². The lowest BCUT2D eigenvalue weighted by Gasteiger charge is -2.50. The summed E-state index contributed by atoms with van der Waals surface area (Å²) in [5.41, 5.74) is -2.38. The van der Waals surface area contributed by atoms with Crippen molar-refractivity contribution in [1.29, 1.82) is 0 Å². The van der Waals surface area contributed by atoms with E-state index in [0.29, 0.717) is 48.9 Å². The van der Waals surface area contributed by atoms with Gasteiger partial charge in [0.05, 0.1) is 35.4 Å². The Hall–Kier alpha value is -1.84. The Balaban J connectivity index is 1.02. The van der Waals surface area contributed by atoms with Gasteiger partial charge in [-0.1, -0.05) is 46.0 Å². The number of hydrogen-bond acceptors (Lipinski definition) is 12. The molecule has 8 atom stereocenters. The number of carbonyl (C=O) groups is 3. The van der Waals surface area contributed by atoms with Crippen LogP contribution in [0.15, 0.2) is 0 Å². The zero-order valence-electron chi connectivity index (χ0n) is 32.8. The highest BCUT2D eigenvalue weighted by atomic mass is 32.2.